The number of halogens is 2. The predicted molar refractivity (Wildman–Crippen MR) is 225 cm³/mol. The van der Waals surface area contributed by atoms with Gasteiger partial charge in [-0.3, -0.25) is 4.79 Å². The van der Waals surface area contributed by atoms with E-state index in [2.05, 4.69) is 9.13 Å². The smallest absolute Gasteiger partial charge is 0.550 e. The first kappa shape index (κ1) is 46.2. The second-order valence-corrected chi connectivity index (χ2v) is 15.4. The number of carboxylic acid groups (broad SMARTS) is 1. The van der Waals surface area contributed by atoms with Crippen molar-refractivity contribution in [1.82, 2.24) is 9.13 Å². The zero-order valence-electron chi connectivity index (χ0n) is 34.5. The third kappa shape index (κ3) is 10.9. The Morgan fingerprint density at radius 3 is 1.48 bits per heavy atom. The van der Waals surface area contributed by atoms with E-state index in [4.69, 9.17) is 4.74 Å². The summed E-state index contributed by atoms with van der Waals surface area (Å²) < 4.78 is 37.4. The predicted octanol–water partition coefficient (Wildman–Crippen LogP) is 5.41. The molecule has 2 heterocycles. The van der Waals surface area contributed by atoms with E-state index in [1.807, 2.05) is 76.2 Å². The number of para-hydroxylation sites is 2. The number of aliphatic hydroxyl groups excluding tert-OH is 3. The van der Waals surface area contributed by atoms with Gasteiger partial charge in [0.05, 0.1) is 24.7 Å². The van der Waals surface area contributed by atoms with Crippen LogP contribution in [0, 0.1) is 11.6 Å². The SMILES string of the molecule is CC(C)n1c(/C=C/[C@H](O)C[C@H](O)CC(=O)O[C@H](CC(=O)[O-])C[C@@H](O)/C=C/c2c(-c3ccc(F)cc3)c3ccccc3n2C(C)C)c(-c2ccc(F)cc2)c2ccccc21.[Na+]. The van der Waals surface area contributed by atoms with Gasteiger partial charge in [-0.1, -0.05) is 72.8 Å². The fraction of sp³-hybridized carbons (Fsp3) is 0.292. The number of aliphatic carboxylic acids is 1. The third-order valence-corrected chi connectivity index (χ3v) is 10.3. The number of rotatable bonds is 17. The number of benzene rings is 4. The van der Waals surface area contributed by atoms with Gasteiger partial charge in [-0.25, -0.2) is 8.78 Å². The van der Waals surface area contributed by atoms with Crippen molar-refractivity contribution in [2.45, 2.75) is 89.9 Å². The summed E-state index contributed by atoms with van der Waals surface area (Å²) in [4.78, 5) is 24.7. The number of hydrogen-bond acceptors (Lipinski definition) is 7. The van der Waals surface area contributed by atoms with Gasteiger partial charge < -0.3 is 39.1 Å². The molecule has 4 aromatic carbocycles. The fourth-order valence-electron chi connectivity index (χ4n) is 7.82. The fourth-order valence-corrected chi connectivity index (χ4v) is 7.82. The zero-order chi connectivity index (χ0) is 42.4. The molecule has 0 spiro atoms. The van der Waals surface area contributed by atoms with Crippen LogP contribution in [-0.2, 0) is 14.3 Å². The molecule has 0 aliphatic heterocycles. The van der Waals surface area contributed by atoms with Gasteiger partial charge in [0.25, 0.3) is 0 Å². The standard InChI is InChI=1S/C48H50F2N2O7.Na/c1-29(2)51-41-11-7-5-9-39(41)47(31-13-17-33(49)18-14-31)43(51)23-21-35(53)25-37(55)27-46(58)59-38(28-45(56)57)26-36(54)22-24-44-48(32-15-19-34(50)20-16-32)40-10-6-8-12-42(40)52(44)30(3)4;/h5-24,29-30,35-38,53-55H,25-28H2,1-4H3,(H,56,57);/q;+1/p-1/b23-21+,24-22+;/t35-,36-,37-,38-;/m0./s1. The van der Waals surface area contributed by atoms with E-state index < -0.39 is 49.2 Å². The number of carbonyl (C=O) groups is 2. The Morgan fingerprint density at radius 2 is 1.07 bits per heavy atom. The van der Waals surface area contributed by atoms with E-state index in [0.717, 1.165) is 55.4 Å². The number of aromatic nitrogens is 2. The molecule has 0 aliphatic carbocycles. The summed E-state index contributed by atoms with van der Waals surface area (Å²) in [6, 6.07) is 28.0. The Hall–Kier alpha value is -4.88. The molecule has 0 aliphatic rings. The number of fused-ring (bicyclic) bond motifs is 2. The van der Waals surface area contributed by atoms with Gasteiger partial charge >= 0.3 is 35.5 Å². The molecule has 0 bridgehead atoms. The van der Waals surface area contributed by atoms with E-state index in [0.29, 0.717) is 0 Å². The van der Waals surface area contributed by atoms with Crippen molar-refractivity contribution >= 4 is 45.9 Å². The van der Waals surface area contributed by atoms with E-state index >= 15 is 0 Å². The zero-order valence-corrected chi connectivity index (χ0v) is 36.5. The second-order valence-electron chi connectivity index (χ2n) is 15.4. The minimum Gasteiger partial charge on any atom is -0.550 e. The Labute approximate surface area is 370 Å². The van der Waals surface area contributed by atoms with Crippen molar-refractivity contribution in [1.29, 1.82) is 0 Å². The summed E-state index contributed by atoms with van der Waals surface area (Å²) in [7, 11) is 0. The summed E-state index contributed by atoms with van der Waals surface area (Å²) in [6.45, 7) is 8.11. The molecule has 9 nitrogen and oxygen atoms in total. The number of hydrogen-bond donors (Lipinski definition) is 3. The van der Waals surface area contributed by atoms with Crippen molar-refractivity contribution in [3.05, 3.63) is 132 Å². The summed E-state index contributed by atoms with van der Waals surface area (Å²) in [5.41, 5.74) is 6.66. The topological polar surface area (TPSA) is 137 Å². The number of carbonyl (C=O) groups excluding carboxylic acids is 2. The van der Waals surface area contributed by atoms with Crippen LogP contribution in [-0.4, -0.2) is 60.8 Å². The average Bonchev–Trinajstić information content (AvgIpc) is 3.69. The maximum atomic E-state index is 13.9. The van der Waals surface area contributed by atoms with E-state index in [1.54, 1.807) is 36.4 Å². The molecule has 0 amide bonds. The molecule has 0 unspecified atom stereocenters. The summed E-state index contributed by atoms with van der Waals surface area (Å²) in [5, 5.41) is 46.4. The van der Waals surface area contributed by atoms with E-state index in [1.165, 1.54) is 36.4 Å². The number of ether oxygens (including phenoxy) is 1. The monoisotopic (exact) mass is 826 g/mol. The molecule has 60 heavy (non-hydrogen) atoms. The number of esters is 1. The summed E-state index contributed by atoms with van der Waals surface area (Å²) in [6.07, 6.45) is -0.271. The first-order chi connectivity index (χ1) is 28.2. The van der Waals surface area contributed by atoms with Crippen LogP contribution in [0.4, 0.5) is 8.78 Å². The van der Waals surface area contributed by atoms with Gasteiger partial charge in [-0.05, 0) is 87.4 Å². The van der Waals surface area contributed by atoms with Crippen molar-refractivity contribution < 1.29 is 73.1 Å². The molecule has 0 radical (unpaired) electrons. The minimum atomic E-state index is -1.49. The quantitative estimate of drug-likeness (QED) is 0.0828. The molecule has 0 saturated heterocycles. The number of carboxylic acids is 1. The van der Waals surface area contributed by atoms with E-state index in [9.17, 15) is 38.8 Å². The molecular weight excluding hydrogens is 778 g/mol. The van der Waals surface area contributed by atoms with Crippen LogP contribution >= 0.6 is 0 Å². The van der Waals surface area contributed by atoms with Gasteiger partial charge in [0, 0.05) is 81.6 Å². The molecule has 0 fully saturated rings. The molecule has 4 atom stereocenters. The average molecular weight is 827 g/mol. The van der Waals surface area contributed by atoms with Crippen LogP contribution in [0.5, 0.6) is 0 Å². The number of nitrogens with zero attached hydrogens (tertiary/aromatic N) is 2. The summed E-state index contributed by atoms with van der Waals surface area (Å²) in [5.74, 6) is -3.13. The summed E-state index contributed by atoms with van der Waals surface area (Å²) >= 11 is 0. The van der Waals surface area contributed by atoms with Crippen LogP contribution in [0.2, 0.25) is 0 Å². The van der Waals surface area contributed by atoms with Gasteiger partial charge in [-0.2, -0.15) is 0 Å². The van der Waals surface area contributed by atoms with Crippen molar-refractivity contribution in [3.63, 3.8) is 0 Å². The van der Waals surface area contributed by atoms with Crippen LogP contribution in [0.25, 0.3) is 56.2 Å². The molecule has 308 valence electrons. The van der Waals surface area contributed by atoms with Gasteiger partial charge in [0.2, 0.25) is 0 Å². The molecule has 2 aromatic heterocycles. The van der Waals surface area contributed by atoms with Crippen molar-refractivity contribution in [2.24, 2.45) is 0 Å². The van der Waals surface area contributed by atoms with Crippen molar-refractivity contribution in [3.8, 4) is 22.3 Å². The first-order valence-electron chi connectivity index (χ1n) is 19.8. The van der Waals surface area contributed by atoms with Crippen LogP contribution in [0.3, 0.4) is 0 Å². The maximum Gasteiger partial charge on any atom is 1.00 e. The molecule has 3 N–H and O–H groups in total. The molecule has 0 saturated carbocycles. The normalized spacial score (nSPS) is 14.0. The Balaban J connectivity index is 0.00000683. The Morgan fingerprint density at radius 1 is 0.650 bits per heavy atom. The molecule has 12 heteroatoms. The number of aliphatic hydroxyl groups is 3. The second kappa shape index (κ2) is 20.6. The largest absolute Gasteiger partial charge is 1.00 e. The Kier molecular flexibility index (Phi) is 15.9. The van der Waals surface area contributed by atoms with Crippen LogP contribution < -0.4 is 34.7 Å². The Bertz CT molecular complexity index is 2470. The third-order valence-electron chi connectivity index (χ3n) is 10.3. The van der Waals surface area contributed by atoms with Crippen LogP contribution in [0.15, 0.2) is 109 Å². The van der Waals surface area contributed by atoms with Crippen LogP contribution in [0.1, 0.15) is 76.8 Å². The molecule has 6 aromatic rings. The minimum absolute atomic E-state index is 0. The molecular formula is C48H49F2N2NaO7. The van der Waals surface area contributed by atoms with Gasteiger partial charge in [-0.15, -0.1) is 0 Å². The van der Waals surface area contributed by atoms with Gasteiger partial charge in [0.15, 0.2) is 0 Å². The van der Waals surface area contributed by atoms with Gasteiger partial charge in [0.1, 0.15) is 17.7 Å². The first-order valence-corrected chi connectivity index (χ1v) is 19.8. The maximum absolute atomic E-state index is 13.9. The van der Waals surface area contributed by atoms with Crippen molar-refractivity contribution in [2.75, 3.05) is 0 Å². The molecule has 6 rings (SSSR count). The van der Waals surface area contributed by atoms with E-state index in [-0.39, 0.29) is 66.1 Å².